The molecule has 0 unspecified atom stereocenters. The first-order valence-corrected chi connectivity index (χ1v) is 7.69. The van der Waals surface area contributed by atoms with Crippen molar-refractivity contribution in [1.29, 1.82) is 0 Å². The number of hydrogen-bond donors (Lipinski definition) is 0. The molecule has 2 aromatic carbocycles. The summed E-state index contributed by atoms with van der Waals surface area (Å²) in [6.45, 7) is 1.74. The van der Waals surface area contributed by atoms with Crippen LogP contribution in [0.5, 0.6) is 5.75 Å². The Labute approximate surface area is 142 Å². The Balaban J connectivity index is 1.93. The molecule has 0 bridgehead atoms. The minimum absolute atomic E-state index is 0.144. The first kappa shape index (κ1) is 16.7. The van der Waals surface area contributed by atoms with E-state index in [1.54, 1.807) is 25.1 Å². The van der Waals surface area contributed by atoms with Gasteiger partial charge in [0, 0.05) is 11.6 Å². The quantitative estimate of drug-likeness (QED) is 0.664. The fourth-order valence-electron chi connectivity index (χ4n) is 2.41. The van der Waals surface area contributed by atoms with Crippen LogP contribution < -0.4 is 10.2 Å². The molecule has 0 radical (unpaired) electrons. The van der Waals surface area contributed by atoms with Crippen molar-refractivity contribution in [3.63, 3.8) is 0 Å². The number of halogens is 1. The second kappa shape index (κ2) is 7.17. The summed E-state index contributed by atoms with van der Waals surface area (Å²) in [6.07, 6.45) is 1.22. The van der Waals surface area contributed by atoms with Gasteiger partial charge in [0.25, 0.3) is 0 Å². The van der Waals surface area contributed by atoms with Crippen molar-refractivity contribution in [1.82, 2.24) is 0 Å². The summed E-state index contributed by atoms with van der Waals surface area (Å²) in [5.74, 6) is -0.621. The third-order valence-electron chi connectivity index (χ3n) is 3.57. The molecule has 3 rings (SSSR count). The molecule has 0 saturated heterocycles. The van der Waals surface area contributed by atoms with Crippen molar-refractivity contribution in [2.45, 2.75) is 6.92 Å². The highest BCUT2D eigenvalue weighted by Crippen LogP contribution is 2.24. The SMILES string of the molecule is CCOC(=O)COc1ccc2c(=O)c(-c3ccccc3F)coc2c1. The van der Waals surface area contributed by atoms with Crippen molar-refractivity contribution in [2.24, 2.45) is 0 Å². The molecule has 0 fully saturated rings. The molecule has 25 heavy (non-hydrogen) atoms. The van der Waals surface area contributed by atoms with Gasteiger partial charge in [0.2, 0.25) is 5.43 Å². The zero-order valence-electron chi connectivity index (χ0n) is 13.5. The molecule has 0 aliphatic rings. The van der Waals surface area contributed by atoms with Crippen LogP contribution in [0.4, 0.5) is 4.39 Å². The topological polar surface area (TPSA) is 65.7 Å². The van der Waals surface area contributed by atoms with Crippen LogP contribution in [0.15, 0.2) is 57.9 Å². The average Bonchev–Trinajstić information content (AvgIpc) is 2.61. The number of esters is 1. The first-order chi connectivity index (χ1) is 12.1. The Bertz CT molecular complexity index is 977. The molecule has 0 spiro atoms. The fourth-order valence-corrected chi connectivity index (χ4v) is 2.41. The molecular weight excluding hydrogens is 327 g/mol. The molecule has 128 valence electrons. The average molecular weight is 342 g/mol. The molecule has 0 atom stereocenters. The zero-order valence-corrected chi connectivity index (χ0v) is 13.5. The Kier molecular flexibility index (Phi) is 4.79. The minimum atomic E-state index is -0.497. The molecular formula is C19H15FO5. The van der Waals surface area contributed by atoms with Crippen LogP contribution in [0.2, 0.25) is 0 Å². The van der Waals surface area contributed by atoms with E-state index in [0.717, 1.165) is 0 Å². The molecule has 3 aromatic rings. The van der Waals surface area contributed by atoms with E-state index < -0.39 is 11.8 Å². The maximum Gasteiger partial charge on any atom is 0.344 e. The van der Waals surface area contributed by atoms with Gasteiger partial charge in [-0.05, 0) is 25.1 Å². The maximum atomic E-state index is 13.9. The number of carbonyl (C=O) groups excluding carboxylic acids is 1. The van der Waals surface area contributed by atoms with Gasteiger partial charge in [-0.15, -0.1) is 0 Å². The monoisotopic (exact) mass is 342 g/mol. The highest BCUT2D eigenvalue weighted by atomic mass is 19.1. The van der Waals surface area contributed by atoms with Gasteiger partial charge in [-0.1, -0.05) is 18.2 Å². The molecule has 0 amide bonds. The van der Waals surface area contributed by atoms with Crippen molar-refractivity contribution in [2.75, 3.05) is 13.2 Å². The van der Waals surface area contributed by atoms with Gasteiger partial charge in [-0.25, -0.2) is 9.18 Å². The van der Waals surface area contributed by atoms with Crippen molar-refractivity contribution >= 4 is 16.9 Å². The predicted molar refractivity (Wildman–Crippen MR) is 90.0 cm³/mol. The van der Waals surface area contributed by atoms with Gasteiger partial charge in [0.05, 0.1) is 17.6 Å². The molecule has 1 heterocycles. The predicted octanol–water partition coefficient (Wildman–Crippen LogP) is 3.54. The molecule has 0 N–H and O–H groups in total. The lowest BCUT2D eigenvalue weighted by atomic mass is 10.1. The van der Waals surface area contributed by atoms with Crippen LogP contribution in [-0.4, -0.2) is 19.2 Å². The summed E-state index contributed by atoms with van der Waals surface area (Å²) in [6, 6.07) is 10.6. The van der Waals surface area contributed by atoms with E-state index in [0.29, 0.717) is 11.1 Å². The minimum Gasteiger partial charge on any atom is -0.482 e. The Morgan fingerprint density at radius 2 is 1.96 bits per heavy atom. The van der Waals surface area contributed by atoms with E-state index in [1.807, 2.05) is 0 Å². The van der Waals surface area contributed by atoms with Crippen LogP contribution in [0, 0.1) is 5.82 Å². The maximum absolute atomic E-state index is 13.9. The molecule has 0 aliphatic heterocycles. The van der Waals surface area contributed by atoms with Gasteiger partial charge in [0.1, 0.15) is 23.4 Å². The Hall–Kier alpha value is -3.15. The van der Waals surface area contributed by atoms with E-state index >= 15 is 0 Å². The second-order valence-corrected chi connectivity index (χ2v) is 5.21. The van der Waals surface area contributed by atoms with Crippen molar-refractivity contribution < 1.29 is 23.1 Å². The van der Waals surface area contributed by atoms with Gasteiger partial charge in [-0.3, -0.25) is 4.79 Å². The summed E-state index contributed by atoms with van der Waals surface area (Å²) in [4.78, 5) is 23.9. The normalized spacial score (nSPS) is 10.6. The van der Waals surface area contributed by atoms with E-state index in [9.17, 15) is 14.0 Å². The van der Waals surface area contributed by atoms with Gasteiger partial charge < -0.3 is 13.9 Å². The third kappa shape index (κ3) is 3.52. The molecule has 0 saturated carbocycles. The third-order valence-corrected chi connectivity index (χ3v) is 3.57. The Morgan fingerprint density at radius 3 is 2.72 bits per heavy atom. The molecule has 0 aliphatic carbocycles. The summed E-state index contributed by atoms with van der Waals surface area (Å²) in [5, 5.41) is 0.296. The van der Waals surface area contributed by atoms with Crippen LogP contribution in [0.1, 0.15) is 6.92 Å². The van der Waals surface area contributed by atoms with Crippen LogP contribution >= 0.6 is 0 Å². The lowest BCUT2D eigenvalue weighted by Crippen LogP contribution is -2.14. The smallest absolute Gasteiger partial charge is 0.344 e. The number of benzene rings is 2. The van der Waals surface area contributed by atoms with Crippen LogP contribution in [0.25, 0.3) is 22.1 Å². The highest BCUT2D eigenvalue weighted by molar-refractivity contribution is 5.82. The van der Waals surface area contributed by atoms with Gasteiger partial charge in [-0.2, -0.15) is 0 Å². The number of hydrogen-bond acceptors (Lipinski definition) is 5. The number of fused-ring (bicyclic) bond motifs is 1. The molecule has 5 nitrogen and oxygen atoms in total. The summed E-state index contributed by atoms with van der Waals surface area (Å²) >= 11 is 0. The second-order valence-electron chi connectivity index (χ2n) is 5.21. The van der Waals surface area contributed by atoms with E-state index in [4.69, 9.17) is 13.9 Å². The molecule has 6 heteroatoms. The summed E-state index contributed by atoms with van der Waals surface area (Å²) in [7, 11) is 0. The lowest BCUT2D eigenvalue weighted by Gasteiger charge is -2.07. The van der Waals surface area contributed by atoms with E-state index in [-0.39, 0.29) is 35.4 Å². The zero-order chi connectivity index (χ0) is 17.8. The fraction of sp³-hybridized carbons (Fsp3) is 0.158. The van der Waals surface area contributed by atoms with Gasteiger partial charge >= 0.3 is 5.97 Å². The van der Waals surface area contributed by atoms with Crippen molar-refractivity contribution in [3.8, 4) is 16.9 Å². The Morgan fingerprint density at radius 1 is 1.16 bits per heavy atom. The first-order valence-electron chi connectivity index (χ1n) is 7.69. The lowest BCUT2D eigenvalue weighted by molar-refractivity contribution is -0.145. The standard InChI is InChI=1S/C19H15FO5/c1-2-23-18(21)11-24-12-7-8-14-17(9-12)25-10-15(19(14)22)13-5-3-4-6-16(13)20/h3-10H,2,11H2,1H3. The van der Waals surface area contributed by atoms with Crippen LogP contribution in [-0.2, 0) is 9.53 Å². The van der Waals surface area contributed by atoms with Gasteiger partial charge in [0.15, 0.2) is 6.61 Å². The van der Waals surface area contributed by atoms with Crippen LogP contribution in [0.3, 0.4) is 0 Å². The largest absolute Gasteiger partial charge is 0.482 e. The van der Waals surface area contributed by atoms with E-state index in [1.165, 1.54) is 30.5 Å². The highest BCUT2D eigenvalue weighted by Gasteiger charge is 2.13. The summed E-state index contributed by atoms with van der Waals surface area (Å²) < 4.78 is 29.5. The van der Waals surface area contributed by atoms with E-state index in [2.05, 4.69) is 0 Å². The number of rotatable bonds is 5. The summed E-state index contributed by atoms with van der Waals surface area (Å²) in [5.41, 5.74) is 0.265. The van der Waals surface area contributed by atoms with Crippen molar-refractivity contribution in [3.05, 3.63) is 64.8 Å². The molecule has 1 aromatic heterocycles. The number of carbonyl (C=O) groups is 1. The number of ether oxygens (including phenoxy) is 2.